The maximum absolute atomic E-state index is 13.3. The van der Waals surface area contributed by atoms with Crippen molar-refractivity contribution in [2.45, 2.75) is 31.6 Å². The summed E-state index contributed by atoms with van der Waals surface area (Å²) in [6, 6.07) is 1.60. The van der Waals surface area contributed by atoms with E-state index in [1.807, 2.05) is 0 Å². The van der Waals surface area contributed by atoms with Gasteiger partial charge in [-0.1, -0.05) is 5.16 Å². The maximum atomic E-state index is 13.3. The number of thiophene rings is 1. The Hall–Kier alpha value is -1.82. The van der Waals surface area contributed by atoms with E-state index in [2.05, 4.69) is 10.1 Å². The van der Waals surface area contributed by atoms with Crippen LogP contribution in [0.3, 0.4) is 0 Å². The third kappa shape index (κ3) is 4.09. The highest BCUT2D eigenvalue weighted by Crippen LogP contribution is 2.35. The number of piperidine rings is 1. The molecule has 1 amide bonds. The Morgan fingerprint density at radius 1 is 1.24 bits per heavy atom. The van der Waals surface area contributed by atoms with Crippen molar-refractivity contribution in [2.75, 3.05) is 39.4 Å². The van der Waals surface area contributed by atoms with Gasteiger partial charge < -0.3 is 14.2 Å². The summed E-state index contributed by atoms with van der Waals surface area (Å²) in [5.74, 6) is 0.528. The highest BCUT2D eigenvalue weighted by atomic mass is 32.2. The lowest BCUT2D eigenvalue weighted by molar-refractivity contribution is -0.140. The van der Waals surface area contributed by atoms with Crippen LogP contribution < -0.4 is 0 Å². The molecule has 9 nitrogen and oxygen atoms in total. The molecule has 158 valence electrons. The first kappa shape index (κ1) is 20.5. The molecule has 0 aliphatic carbocycles. The predicted octanol–water partition coefficient (Wildman–Crippen LogP) is 1.67. The molecule has 2 aliphatic heterocycles. The molecule has 29 heavy (non-hydrogen) atoms. The third-order valence-corrected chi connectivity index (χ3v) is 8.46. The van der Waals surface area contributed by atoms with Gasteiger partial charge in [-0.15, -0.1) is 11.3 Å². The van der Waals surface area contributed by atoms with Gasteiger partial charge in [0.15, 0.2) is 0 Å². The lowest BCUT2D eigenvalue weighted by Gasteiger charge is -2.35. The summed E-state index contributed by atoms with van der Waals surface area (Å²) in [5, 5.41) is 3.88. The van der Waals surface area contributed by atoms with Crippen LogP contribution in [0, 0.1) is 19.8 Å². The molecule has 2 fully saturated rings. The van der Waals surface area contributed by atoms with Gasteiger partial charge in [0.1, 0.15) is 0 Å². The third-order valence-electron chi connectivity index (χ3n) is 5.29. The molecule has 0 N–H and O–H groups in total. The van der Waals surface area contributed by atoms with E-state index < -0.39 is 10.0 Å². The van der Waals surface area contributed by atoms with E-state index in [4.69, 9.17) is 9.26 Å². The Kier molecular flexibility index (Phi) is 5.74. The van der Waals surface area contributed by atoms with E-state index in [1.165, 1.54) is 15.6 Å². The molecule has 4 heterocycles. The van der Waals surface area contributed by atoms with Crippen molar-refractivity contribution in [3.63, 3.8) is 0 Å². The summed E-state index contributed by atoms with van der Waals surface area (Å²) >= 11 is 1.32. The number of carbonyl (C=O) groups excluding carboxylic acids is 1. The lowest BCUT2D eigenvalue weighted by atomic mass is 9.98. The lowest BCUT2D eigenvalue weighted by Crippen LogP contribution is -2.49. The Morgan fingerprint density at radius 2 is 2.00 bits per heavy atom. The molecular weight excluding hydrogens is 416 g/mol. The fourth-order valence-electron chi connectivity index (χ4n) is 3.77. The van der Waals surface area contributed by atoms with Crippen LogP contribution in [0.5, 0.6) is 0 Å². The number of aromatic nitrogens is 2. The van der Waals surface area contributed by atoms with E-state index in [9.17, 15) is 13.2 Å². The zero-order valence-electron chi connectivity index (χ0n) is 16.5. The van der Waals surface area contributed by atoms with Gasteiger partial charge in [0.2, 0.25) is 27.6 Å². The molecule has 11 heteroatoms. The first-order chi connectivity index (χ1) is 13.9. The number of ether oxygens (including phenoxy) is 1. The van der Waals surface area contributed by atoms with Crippen molar-refractivity contribution < 1.29 is 22.5 Å². The van der Waals surface area contributed by atoms with Crippen molar-refractivity contribution in [1.29, 1.82) is 0 Å². The minimum absolute atomic E-state index is 0.0261. The van der Waals surface area contributed by atoms with E-state index in [-0.39, 0.29) is 23.3 Å². The average molecular weight is 441 g/mol. The molecule has 0 spiro atoms. The van der Waals surface area contributed by atoms with Gasteiger partial charge in [-0.3, -0.25) is 4.79 Å². The van der Waals surface area contributed by atoms with Gasteiger partial charge in [-0.2, -0.15) is 9.29 Å². The SMILES string of the molecule is Cc1nc(-c2cc(S(=O)(=O)N3CCC[C@H](C(=O)N4CCOCC4)C3)c(C)s2)no1. The largest absolute Gasteiger partial charge is 0.378 e. The summed E-state index contributed by atoms with van der Waals surface area (Å²) in [6.07, 6.45) is 1.37. The molecule has 4 rings (SSSR count). The van der Waals surface area contributed by atoms with Crippen LogP contribution in [0.25, 0.3) is 10.7 Å². The molecule has 2 aromatic rings. The van der Waals surface area contributed by atoms with Gasteiger partial charge in [0, 0.05) is 38.0 Å². The molecule has 2 aromatic heterocycles. The van der Waals surface area contributed by atoms with Gasteiger partial charge >= 0.3 is 0 Å². The first-order valence-corrected chi connectivity index (χ1v) is 11.9. The Bertz CT molecular complexity index is 994. The molecule has 2 aliphatic rings. The molecule has 0 saturated carbocycles. The highest BCUT2D eigenvalue weighted by molar-refractivity contribution is 7.89. The Labute approximate surface area is 173 Å². The highest BCUT2D eigenvalue weighted by Gasteiger charge is 2.36. The van der Waals surface area contributed by atoms with Crippen molar-refractivity contribution >= 4 is 27.3 Å². The van der Waals surface area contributed by atoms with Crippen LogP contribution in [0.2, 0.25) is 0 Å². The number of hydrogen-bond acceptors (Lipinski definition) is 8. The van der Waals surface area contributed by atoms with Gasteiger partial charge in [-0.05, 0) is 25.8 Å². The van der Waals surface area contributed by atoms with Crippen LogP contribution >= 0.6 is 11.3 Å². The molecule has 0 bridgehead atoms. The molecule has 0 radical (unpaired) electrons. The first-order valence-electron chi connectivity index (χ1n) is 9.64. The minimum Gasteiger partial charge on any atom is -0.378 e. The summed E-state index contributed by atoms with van der Waals surface area (Å²) in [6.45, 7) is 6.30. The molecule has 1 atom stereocenters. The number of sulfonamides is 1. The Balaban J connectivity index is 1.54. The fraction of sp³-hybridized carbons (Fsp3) is 0.611. The second kappa shape index (κ2) is 8.13. The van der Waals surface area contributed by atoms with Crippen molar-refractivity contribution in [1.82, 2.24) is 19.3 Å². The Morgan fingerprint density at radius 3 is 2.69 bits per heavy atom. The predicted molar refractivity (Wildman–Crippen MR) is 106 cm³/mol. The monoisotopic (exact) mass is 440 g/mol. The second-order valence-electron chi connectivity index (χ2n) is 7.31. The van der Waals surface area contributed by atoms with E-state index in [1.54, 1.807) is 24.8 Å². The maximum Gasteiger partial charge on any atom is 0.244 e. The standard InChI is InChI=1S/C18H24N4O5S2/c1-12-16(10-15(28-12)17-19-13(2)27-20-17)29(24,25)22-5-3-4-14(11-22)18(23)21-6-8-26-9-7-21/h10,14H,3-9,11H2,1-2H3/t14-/m0/s1. The van der Waals surface area contributed by atoms with E-state index in [0.29, 0.717) is 67.2 Å². The topological polar surface area (TPSA) is 106 Å². The van der Waals surface area contributed by atoms with Gasteiger partial charge in [0.25, 0.3) is 0 Å². The van der Waals surface area contributed by atoms with Gasteiger partial charge in [-0.25, -0.2) is 8.42 Å². The van der Waals surface area contributed by atoms with Crippen molar-refractivity contribution in [3.8, 4) is 10.7 Å². The van der Waals surface area contributed by atoms with Crippen LogP contribution in [0.15, 0.2) is 15.5 Å². The number of amides is 1. The fourth-order valence-corrected chi connectivity index (χ4v) is 6.78. The van der Waals surface area contributed by atoms with Crippen molar-refractivity contribution in [2.24, 2.45) is 5.92 Å². The molecular formula is C18H24N4O5S2. The average Bonchev–Trinajstić information content (AvgIpc) is 3.34. The minimum atomic E-state index is -3.71. The smallest absolute Gasteiger partial charge is 0.244 e. The van der Waals surface area contributed by atoms with Crippen LogP contribution in [0.1, 0.15) is 23.6 Å². The van der Waals surface area contributed by atoms with E-state index in [0.717, 1.165) is 0 Å². The second-order valence-corrected chi connectivity index (χ2v) is 10.5. The quantitative estimate of drug-likeness (QED) is 0.712. The van der Waals surface area contributed by atoms with Crippen molar-refractivity contribution in [3.05, 3.63) is 16.8 Å². The summed E-state index contributed by atoms with van der Waals surface area (Å²) in [7, 11) is -3.71. The number of carbonyl (C=O) groups is 1. The zero-order valence-corrected chi connectivity index (χ0v) is 18.1. The number of nitrogens with zero attached hydrogens (tertiary/aromatic N) is 4. The van der Waals surface area contributed by atoms with Crippen LogP contribution in [-0.4, -0.2) is 73.1 Å². The van der Waals surface area contributed by atoms with Crippen LogP contribution in [0.4, 0.5) is 0 Å². The number of aryl methyl sites for hydroxylation is 2. The summed E-state index contributed by atoms with van der Waals surface area (Å²) < 4.78 is 38.4. The summed E-state index contributed by atoms with van der Waals surface area (Å²) in [4.78, 5) is 20.4. The normalized spacial score (nSPS) is 21.4. The molecule has 2 saturated heterocycles. The van der Waals surface area contributed by atoms with E-state index >= 15 is 0 Å². The molecule has 0 unspecified atom stereocenters. The van der Waals surface area contributed by atoms with Gasteiger partial charge in [0.05, 0.1) is 28.9 Å². The number of rotatable bonds is 4. The number of hydrogen-bond donors (Lipinski definition) is 0. The number of morpholine rings is 1. The van der Waals surface area contributed by atoms with Crippen LogP contribution in [-0.2, 0) is 19.6 Å². The molecule has 0 aromatic carbocycles. The summed E-state index contributed by atoms with van der Waals surface area (Å²) in [5.41, 5.74) is 0. The zero-order chi connectivity index (χ0) is 20.6.